The van der Waals surface area contributed by atoms with Crippen molar-refractivity contribution >= 4 is 16.1 Å². The van der Waals surface area contributed by atoms with Gasteiger partial charge in [-0.15, -0.1) is 0 Å². The fraction of sp³-hybridized carbons (Fsp3) is 0.923. The molecule has 4 rings (SSSR count). The molecule has 11 heteroatoms. The van der Waals surface area contributed by atoms with Crippen LogP contribution >= 0.6 is 0 Å². The van der Waals surface area contributed by atoms with Gasteiger partial charge in [0.15, 0.2) is 0 Å². The van der Waals surface area contributed by atoms with E-state index in [4.69, 9.17) is 9.29 Å². The molecule has 0 aliphatic heterocycles. The van der Waals surface area contributed by atoms with Gasteiger partial charge in [0.05, 0.1) is 5.60 Å². The number of carbonyl (C=O) groups excluding carboxylic acids is 1. The molecule has 4 bridgehead atoms. The van der Waals surface area contributed by atoms with E-state index in [0.717, 1.165) is 6.42 Å². The third kappa shape index (κ3) is 2.51. The van der Waals surface area contributed by atoms with Crippen molar-refractivity contribution in [3.63, 3.8) is 0 Å². The maximum Gasteiger partial charge on any atom is 0.451 e. The van der Waals surface area contributed by atoms with Crippen molar-refractivity contribution in [2.24, 2.45) is 11.8 Å². The molecule has 0 saturated heterocycles. The molecule has 0 aromatic heterocycles. The van der Waals surface area contributed by atoms with Gasteiger partial charge in [0.2, 0.25) is 0 Å². The SMILES string of the molecule is O=C(OC12CC3CC(CC(O)(C3)C1)C2)C(F)(C(F)(F)F)S(=O)(=O)O. The van der Waals surface area contributed by atoms with Gasteiger partial charge < -0.3 is 9.84 Å². The summed E-state index contributed by atoms with van der Waals surface area (Å²) in [5, 5.41) is 4.88. The number of rotatable bonds is 3. The Morgan fingerprint density at radius 3 is 1.96 bits per heavy atom. The number of esters is 1. The van der Waals surface area contributed by atoms with Gasteiger partial charge in [-0.2, -0.15) is 21.6 Å². The summed E-state index contributed by atoms with van der Waals surface area (Å²) in [5.41, 5.74) is -2.75. The van der Waals surface area contributed by atoms with E-state index in [2.05, 4.69) is 0 Å². The van der Waals surface area contributed by atoms with Crippen LogP contribution < -0.4 is 0 Å². The zero-order valence-corrected chi connectivity index (χ0v) is 13.2. The zero-order valence-electron chi connectivity index (χ0n) is 12.3. The molecular weight excluding hydrogens is 360 g/mol. The molecule has 4 saturated carbocycles. The molecule has 4 aliphatic carbocycles. The Labute approximate surface area is 134 Å². The lowest BCUT2D eigenvalue weighted by Gasteiger charge is -2.59. The highest BCUT2D eigenvalue weighted by molar-refractivity contribution is 7.88. The summed E-state index contributed by atoms with van der Waals surface area (Å²) >= 11 is 0. The van der Waals surface area contributed by atoms with E-state index < -0.39 is 38.5 Å². The minimum Gasteiger partial charge on any atom is -0.455 e. The van der Waals surface area contributed by atoms with Crippen LogP contribution in [0.2, 0.25) is 0 Å². The van der Waals surface area contributed by atoms with Gasteiger partial charge in [-0.05, 0) is 43.9 Å². The van der Waals surface area contributed by atoms with Gasteiger partial charge in [-0.25, -0.2) is 9.18 Å². The summed E-state index contributed by atoms with van der Waals surface area (Å²) in [7, 11) is -6.45. The first-order chi connectivity index (χ1) is 10.7. The average molecular weight is 376 g/mol. The van der Waals surface area contributed by atoms with Crippen LogP contribution in [0.15, 0.2) is 0 Å². The summed E-state index contributed by atoms with van der Waals surface area (Å²) in [6, 6.07) is 0. The third-order valence-corrected chi connectivity index (χ3v) is 6.38. The normalized spacial score (nSPS) is 41.1. The molecule has 0 aromatic rings. The number of hydrogen-bond donors (Lipinski definition) is 2. The lowest BCUT2D eigenvalue weighted by atomic mass is 9.52. The maximum atomic E-state index is 14.1. The molecule has 24 heavy (non-hydrogen) atoms. The molecule has 0 radical (unpaired) electrons. The van der Waals surface area contributed by atoms with E-state index in [-0.39, 0.29) is 31.1 Å². The van der Waals surface area contributed by atoms with Crippen molar-refractivity contribution in [3.05, 3.63) is 0 Å². The van der Waals surface area contributed by atoms with Crippen LogP contribution in [0.1, 0.15) is 38.5 Å². The van der Waals surface area contributed by atoms with Crippen molar-refractivity contribution in [2.45, 2.75) is 60.9 Å². The Bertz CT molecular complexity index is 660. The highest BCUT2D eigenvalue weighted by atomic mass is 32.2. The van der Waals surface area contributed by atoms with Gasteiger partial charge in [0.25, 0.3) is 0 Å². The molecule has 4 fully saturated rings. The van der Waals surface area contributed by atoms with Gasteiger partial charge in [0.1, 0.15) is 5.60 Å². The van der Waals surface area contributed by atoms with E-state index in [0.29, 0.717) is 12.8 Å². The molecule has 4 aliphatic rings. The molecule has 2 N–H and O–H groups in total. The predicted molar refractivity (Wildman–Crippen MR) is 69.9 cm³/mol. The fourth-order valence-corrected chi connectivity index (χ4v) is 5.42. The van der Waals surface area contributed by atoms with E-state index in [1.165, 1.54) is 0 Å². The molecule has 6 nitrogen and oxygen atoms in total. The van der Waals surface area contributed by atoms with Crippen molar-refractivity contribution in [1.29, 1.82) is 0 Å². The van der Waals surface area contributed by atoms with Crippen molar-refractivity contribution in [3.8, 4) is 0 Å². The monoisotopic (exact) mass is 376 g/mol. The first-order valence-corrected chi connectivity index (χ1v) is 8.82. The molecule has 0 amide bonds. The summed E-state index contributed by atoms with van der Waals surface area (Å²) in [6.45, 7) is 0. The minimum atomic E-state index is -6.45. The molecule has 138 valence electrons. The Morgan fingerprint density at radius 2 is 1.58 bits per heavy atom. The van der Waals surface area contributed by atoms with Crippen molar-refractivity contribution in [2.75, 3.05) is 0 Å². The van der Waals surface area contributed by atoms with E-state index >= 15 is 0 Å². The standard InChI is InChI=1S/C13H16F4O6S/c14-12(13(15,16)17,24(20,21)22)9(18)23-11-4-7-1-8(5-11)3-10(19,2-7)6-11/h7-8,19H,1-6H2,(H,20,21,22). The number of alkyl halides is 4. The van der Waals surface area contributed by atoms with E-state index in [9.17, 15) is 35.9 Å². The summed E-state index contributed by atoms with van der Waals surface area (Å²) in [4.78, 5) is 11.8. The number of aliphatic hydroxyl groups is 1. The molecular formula is C13H16F4O6S. The van der Waals surface area contributed by atoms with Crippen LogP contribution in [0.25, 0.3) is 0 Å². The number of hydrogen-bond acceptors (Lipinski definition) is 5. The highest BCUT2D eigenvalue weighted by Crippen LogP contribution is 2.59. The van der Waals surface area contributed by atoms with Crippen LogP contribution in [0.4, 0.5) is 17.6 Å². The quantitative estimate of drug-likeness (QED) is 0.442. The Balaban J connectivity index is 1.92. The van der Waals surface area contributed by atoms with Crippen LogP contribution in [0.3, 0.4) is 0 Å². The first-order valence-electron chi connectivity index (χ1n) is 7.38. The lowest BCUT2D eigenvalue weighted by Crippen LogP contribution is -2.63. The zero-order chi connectivity index (χ0) is 18.2. The van der Waals surface area contributed by atoms with Gasteiger partial charge in [-0.1, -0.05) is 0 Å². The summed E-state index contributed by atoms with van der Waals surface area (Å²) in [5.74, 6) is -2.88. The number of ether oxygens (including phenoxy) is 1. The van der Waals surface area contributed by atoms with Crippen LogP contribution in [0, 0.1) is 11.8 Å². The predicted octanol–water partition coefficient (Wildman–Crippen LogP) is 1.73. The van der Waals surface area contributed by atoms with Gasteiger partial charge in [-0.3, -0.25) is 4.55 Å². The van der Waals surface area contributed by atoms with Gasteiger partial charge in [0, 0.05) is 6.42 Å². The van der Waals surface area contributed by atoms with Crippen molar-refractivity contribution < 1.29 is 45.2 Å². The van der Waals surface area contributed by atoms with Gasteiger partial charge >= 0.3 is 27.3 Å². The third-order valence-electron chi connectivity index (χ3n) is 5.27. The highest BCUT2D eigenvalue weighted by Gasteiger charge is 2.74. The molecule has 3 unspecified atom stereocenters. The lowest BCUT2D eigenvalue weighted by molar-refractivity contribution is -0.246. The summed E-state index contributed by atoms with van der Waals surface area (Å²) < 4.78 is 87.7. The second-order valence-corrected chi connectivity index (χ2v) is 8.84. The second-order valence-electron chi connectivity index (χ2n) is 7.33. The molecule has 3 atom stereocenters. The van der Waals surface area contributed by atoms with Crippen LogP contribution in [-0.2, 0) is 19.6 Å². The first kappa shape index (κ1) is 17.9. The summed E-state index contributed by atoms with van der Waals surface area (Å²) in [6.07, 6.45) is -4.54. The molecule has 0 spiro atoms. The fourth-order valence-electron chi connectivity index (χ4n) is 4.88. The smallest absolute Gasteiger partial charge is 0.451 e. The Hall–Kier alpha value is -0.940. The van der Waals surface area contributed by atoms with Crippen LogP contribution in [0.5, 0.6) is 0 Å². The largest absolute Gasteiger partial charge is 0.455 e. The van der Waals surface area contributed by atoms with E-state index in [1.54, 1.807) is 0 Å². The van der Waals surface area contributed by atoms with Crippen LogP contribution in [-0.4, -0.2) is 46.4 Å². The number of carbonyl (C=O) groups is 1. The van der Waals surface area contributed by atoms with Crippen molar-refractivity contribution in [1.82, 2.24) is 0 Å². The minimum absolute atomic E-state index is 0.0883. The Morgan fingerprint density at radius 1 is 1.08 bits per heavy atom. The van der Waals surface area contributed by atoms with E-state index in [1.807, 2.05) is 0 Å². The Kier molecular flexibility index (Phi) is 3.59. The average Bonchev–Trinajstić information content (AvgIpc) is 2.30. The molecule has 0 heterocycles. The topological polar surface area (TPSA) is 101 Å². The maximum absolute atomic E-state index is 14.1. The number of halogens is 4. The second kappa shape index (κ2) is 4.82. The molecule has 0 aromatic carbocycles.